The maximum atomic E-state index is 12.6. The zero-order valence-electron chi connectivity index (χ0n) is 7.09. The van der Waals surface area contributed by atoms with Gasteiger partial charge in [0.15, 0.2) is 22.4 Å². The van der Waals surface area contributed by atoms with Crippen LogP contribution in [0.1, 0.15) is 0 Å². The molecule has 16 heavy (non-hydrogen) atoms. The Morgan fingerprint density at radius 2 is 1.00 bits per heavy atom. The fourth-order valence-electron chi connectivity index (χ4n) is 0.869. The number of halogens is 10. The van der Waals surface area contributed by atoms with Gasteiger partial charge in [-0.15, -0.1) is 0 Å². The SMILES string of the molecule is FC(I)C(F)C(F)C(C(F)(F)F)C(F)(F)F. The lowest BCUT2D eigenvalue weighted by Crippen LogP contribution is -2.48. The van der Waals surface area contributed by atoms with Gasteiger partial charge in [-0.1, -0.05) is 0 Å². The van der Waals surface area contributed by atoms with Gasteiger partial charge < -0.3 is 0 Å². The summed E-state index contributed by atoms with van der Waals surface area (Å²) in [6.07, 6.45) is -19.6. The second-order valence-electron chi connectivity index (χ2n) is 2.78. The molecule has 0 aromatic carbocycles. The molecule has 0 aliphatic rings. The molecule has 0 radical (unpaired) electrons. The van der Waals surface area contributed by atoms with Crippen LogP contribution < -0.4 is 0 Å². The Hall–Kier alpha value is 0.1000. The minimum Gasteiger partial charge on any atom is -0.243 e. The third kappa shape index (κ3) is 4.17. The van der Waals surface area contributed by atoms with Gasteiger partial charge in [0, 0.05) is 0 Å². The molecule has 0 aromatic rings. The van der Waals surface area contributed by atoms with E-state index < -0.39 is 34.8 Å². The van der Waals surface area contributed by atoms with E-state index in [0.29, 0.717) is 22.6 Å². The molecule has 0 rings (SSSR count). The van der Waals surface area contributed by atoms with Gasteiger partial charge >= 0.3 is 12.4 Å². The van der Waals surface area contributed by atoms with Crippen molar-refractivity contribution in [3.63, 3.8) is 0 Å². The van der Waals surface area contributed by atoms with Crippen LogP contribution in [0.25, 0.3) is 0 Å². The molecule has 0 saturated carbocycles. The second kappa shape index (κ2) is 5.17. The molecule has 10 heteroatoms. The van der Waals surface area contributed by atoms with Crippen molar-refractivity contribution in [1.82, 2.24) is 0 Å². The standard InChI is InChI=1S/C6H4F9I/c7-1(2(8)4(9)16)3(5(10,11)12)6(13,14)15/h1-4H. The van der Waals surface area contributed by atoms with Crippen LogP contribution >= 0.6 is 22.6 Å². The van der Waals surface area contributed by atoms with Crippen LogP contribution in [0.15, 0.2) is 0 Å². The van der Waals surface area contributed by atoms with E-state index in [9.17, 15) is 39.5 Å². The summed E-state index contributed by atoms with van der Waals surface area (Å²) in [4.78, 5) is 0. The molecular weight excluding hydrogens is 370 g/mol. The molecule has 0 nitrogen and oxygen atoms in total. The quantitative estimate of drug-likeness (QED) is 0.396. The first-order valence-electron chi connectivity index (χ1n) is 3.58. The van der Waals surface area contributed by atoms with Gasteiger partial charge in [-0.3, -0.25) is 0 Å². The van der Waals surface area contributed by atoms with Crippen LogP contribution in [0.4, 0.5) is 39.5 Å². The van der Waals surface area contributed by atoms with Crippen molar-refractivity contribution in [3.8, 4) is 0 Å². The van der Waals surface area contributed by atoms with E-state index in [0.717, 1.165) is 0 Å². The monoisotopic (exact) mass is 374 g/mol. The lowest BCUT2D eigenvalue weighted by Gasteiger charge is -2.27. The van der Waals surface area contributed by atoms with Crippen molar-refractivity contribution >= 4 is 22.6 Å². The number of hydrogen-bond acceptors (Lipinski definition) is 0. The first kappa shape index (κ1) is 16.1. The van der Waals surface area contributed by atoms with Crippen LogP contribution in [0.3, 0.4) is 0 Å². The van der Waals surface area contributed by atoms with Crippen LogP contribution in [-0.2, 0) is 0 Å². The normalized spacial score (nSPS) is 19.7. The first-order chi connectivity index (χ1) is 6.89. The number of alkyl halides is 10. The van der Waals surface area contributed by atoms with Gasteiger partial charge in [-0.25, -0.2) is 13.2 Å². The van der Waals surface area contributed by atoms with Crippen molar-refractivity contribution in [1.29, 1.82) is 0 Å². The first-order valence-corrected chi connectivity index (χ1v) is 4.83. The summed E-state index contributed by atoms with van der Waals surface area (Å²) in [5.41, 5.74) is 0. The molecule has 0 heterocycles. The summed E-state index contributed by atoms with van der Waals surface area (Å²) in [5, 5.41) is 0. The Kier molecular flexibility index (Phi) is 5.20. The molecule has 0 amide bonds. The average molecular weight is 374 g/mol. The minimum atomic E-state index is -6.02. The lowest BCUT2D eigenvalue weighted by atomic mass is 9.99. The molecule has 0 aliphatic heterocycles. The number of hydrogen-bond donors (Lipinski definition) is 0. The molecule has 0 aliphatic carbocycles. The molecule has 3 atom stereocenters. The summed E-state index contributed by atoms with van der Waals surface area (Å²) in [6, 6.07) is 0. The second-order valence-corrected chi connectivity index (χ2v) is 3.97. The minimum absolute atomic E-state index is 0.557. The Balaban J connectivity index is 5.08. The van der Waals surface area contributed by atoms with Crippen molar-refractivity contribution < 1.29 is 39.5 Å². The molecule has 0 bridgehead atoms. The van der Waals surface area contributed by atoms with E-state index in [1.54, 1.807) is 0 Å². The van der Waals surface area contributed by atoms with E-state index in [4.69, 9.17) is 0 Å². The molecule has 0 aromatic heterocycles. The zero-order valence-corrected chi connectivity index (χ0v) is 9.25. The fraction of sp³-hybridized carbons (Fsp3) is 1.00. The van der Waals surface area contributed by atoms with E-state index in [2.05, 4.69) is 0 Å². The Morgan fingerprint density at radius 3 is 1.19 bits per heavy atom. The zero-order chi connectivity index (χ0) is 13.3. The fourth-order valence-corrected chi connectivity index (χ4v) is 1.27. The van der Waals surface area contributed by atoms with Gasteiger partial charge in [0.2, 0.25) is 0 Å². The predicted octanol–water partition coefficient (Wildman–Crippen LogP) is 4.13. The highest BCUT2D eigenvalue weighted by molar-refractivity contribution is 14.1. The van der Waals surface area contributed by atoms with Gasteiger partial charge in [0.25, 0.3) is 0 Å². The third-order valence-corrected chi connectivity index (χ3v) is 2.26. The molecule has 3 unspecified atom stereocenters. The van der Waals surface area contributed by atoms with Crippen LogP contribution in [0.5, 0.6) is 0 Å². The highest BCUT2D eigenvalue weighted by atomic mass is 127. The third-order valence-electron chi connectivity index (χ3n) is 1.57. The van der Waals surface area contributed by atoms with Crippen LogP contribution in [-0.4, -0.2) is 28.9 Å². The van der Waals surface area contributed by atoms with Gasteiger partial charge in [-0.2, -0.15) is 26.3 Å². The van der Waals surface area contributed by atoms with Gasteiger partial charge in [-0.05, 0) is 22.6 Å². The predicted molar refractivity (Wildman–Crippen MR) is 44.3 cm³/mol. The topological polar surface area (TPSA) is 0 Å². The molecule has 0 fully saturated rings. The maximum absolute atomic E-state index is 12.6. The van der Waals surface area contributed by atoms with Crippen LogP contribution in [0, 0.1) is 5.92 Å². The summed E-state index contributed by atoms with van der Waals surface area (Å²) in [7, 11) is 0. The highest BCUT2D eigenvalue weighted by Gasteiger charge is 2.63. The average Bonchev–Trinajstić information content (AvgIpc) is 1.96. The van der Waals surface area contributed by atoms with Gasteiger partial charge in [0.05, 0.1) is 0 Å². The molecule has 0 saturated heterocycles. The summed E-state index contributed by atoms with van der Waals surface area (Å²) < 4.78 is 105. The lowest BCUT2D eigenvalue weighted by molar-refractivity contribution is -0.304. The summed E-state index contributed by atoms with van der Waals surface area (Å²) in [5.74, 6) is -4.52. The molecular formula is C6H4F9I. The smallest absolute Gasteiger partial charge is 0.243 e. The Morgan fingerprint density at radius 1 is 0.688 bits per heavy atom. The van der Waals surface area contributed by atoms with E-state index in [-0.39, 0.29) is 0 Å². The molecule has 0 spiro atoms. The summed E-state index contributed by atoms with van der Waals surface area (Å²) >= 11 is 0.557. The van der Waals surface area contributed by atoms with E-state index in [1.165, 1.54) is 0 Å². The molecule has 0 N–H and O–H groups in total. The van der Waals surface area contributed by atoms with Crippen molar-refractivity contribution in [2.24, 2.45) is 5.92 Å². The van der Waals surface area contributed by atoms with Gasteiger partial charge in [0.1, 0.15) is 0 Å². The van der Waals surface area contributed by atoms with Crippen molar-refractivity contribution in [2.75, 3.05) is 0 Å². The molecule has 98 valence electrons. The highest BCUT2D eigenvalue weighted by Crippen LogP contribution is 2.44. The summed E-state index contributed by atoms with van der Waals surface area (Å²) in [6.45, 7) is 0. The largest absolute Gasteiger partial charge is 0.403 e. The van der Waals surface area contributed by atoms with Crippen LogP contribution in [0.2, 0.25) is 0 Å². The number of rotatable bonds is 3. The Bertz CT molecular complexity index is 205. The van der Waals surface area contributed by atoms with Crippen molar-refractivity contribution in [2.45, 2.75) is 28.9 Å². The van der Waals surface area contributed by atoms with E-state index in [1.807, 2.05) is 0 Å². The Labute approximate surface area is 97.3 Å². The van der Waals surface area contributed by atoms with Crippen molar-refractivity contribution in [3.05, 3.63) is 0 Å². The van der Waals surface area contributed by atoms with E-state index >= 15 is 0 Å². The maximum Gasteiger partial charge on any atom is 0.403 e.